The number of likely N-dealkylation sites (tertiary alicyclic amines) is 1. The van der Waals surface area contributed by atoms with Gasteiger partial charge in [-0.2, -0.15) is 13.2 Å². The van der Waals surface area contributed by atoms with Crippen molar-refractivity contribution in [2.75, 3.05) is 18.4 Å². The summed E-state index contributed by atoms with van der Waals surface area (Å²) in [5.41, 5.74) is 0.387. The van der Waals surface area contributed by atoms with Crippen LogP contribution in [-0.2, 0) is 6.18 Å². The summed E-state index contributed by atoms with van der Waals surface area (Å²) in [6.07, 6.45) is -0.768. The number of benzene rings is 1. The third-order valence-corrected chi connectivity index (χ3v) is 6.25. The van der Waals surface area contributed by atoms with Crippen molar-refractivity contribution in [1.29, 1.82) is 0 Å². The van der Waals surface area contributed by atoms with E-state index < -0.39 is 29.2 Å². The molecule has 37 heavy (non-hydrogen) atoms. The maximum Gasteiger partial charge on any atom is 0.418 e. The van der Waals surface area contributed by atoms with E-state index in [2.05, 4.69) is 15.5 Å². The van der Waals surface area contributed by atoms with Crippen LogP contribution < -0.4 is 5.32 Å². The molecule has 4 heterocycles. The van der Waals surface area contributed by atoms with Crippen molar-refractivity contribution in [3.8, 4) is 11.5 Å². The molecule has 0 spiro atoms. The lowest BCUT2D eigenvalue weighted by molar-refractivity contribution is -0.138. The molecule has 2 amide bonds. The lowest BCUT2D eigenvalue weighted by Gasteiger charge is -2.32. The van der Waals surface area contributed by atoms with Crippen molar-refractivity contribution in [3.05, 3.63) is 89.6 Å². The first-order chi connectivity index (χ1) is 17.8. The van der Waals surface area contributed by atoms with Gasteiger partial charge in [0.2, 0.25) is 5.76 Å². The normalized spacial score (nSPS) is 14.5. The molecule has 4 aromatic rings. The fraction of sp³-hybridized carbons (Fsp3) is 0.231. The summed E-state index contributed by atoms with van der Waals surface area (Å²) in [6.45, 7) is 0.638. The van der Waals surface area contributed by atoms with Crippen LogP contribution in [0.25, 0.3) is 11.5 Å². The number of pyridine rings is 1. The monoisotopic (exact) mass is 510 g/mol. The molecular weight excluding hydrogens is 489 g/mol. The quantitative estimate of drug-likeness (QED) is 0.374. The number of halogens is 3. The first-order valence-corrected chi connectivity index (χ1v) is 11.5. The molecule has 0 unspecified atom stereocenters. The highest BCUT2D eigenvalue weighted by molar-refractivity contribution is 6.02. The van der Waals surface area contributed by atoms with E-state index in [1.165, 1.54) is 29.5 Å². The van der Waals surface area contributed by atoms with Gasteiger partial charge < -0.3 is 19.2 Å². The molecule has 0 aliphatic carbocycles. The number of hydrogen-bond acceptors (Lipinski definition) is 6. The average Bonchev–Trinajstić information content (AvgIpc) is 3.61. The average molecular weight is 510 g/mol. The number of amides is 2. The number of alkyl halides is 3. The van der Waals surface area contributed by atoms with Gasteiger partial charge >= 0.3 is 6.18 Å². The second-order valence-electron chi connectivity index (χ2n) is 8.59. The van der Waals surface area contributed by atoms with E-state index in [0.29, 0.717) is 43.1 Å². The lowest BCUT2D eigenvalue weighted by atomic mass is 9.89. The number of aromatic nitrogens is 2. The lowest BCUT2D eigenvalue weighted by Crippen LogP contribution is -2.39. The summed E-state index contributed by atoms with van der Waals surface area (Å²) in [4.78, 5) is 30.4. The number of carbonyl (C=O) groups is 2. The molecule has 8 nitrogen and oxygen atoms in total. The molecule has 1 N–H and O–H groups in total. The van der Waals surface area contributed by atoms with Gasteiger partial charge in [0, 0.05) is 31.0 Å². The van der Waals surface area contributed by atoms with Gasteiger partial charge in [-0.25, -0.2) is 0 Å². The molecule has 1 aromatic carbocycles. The SMILES string of the molecule is O=C(Nc1ccc(C2CCN(C(=O)c3ncccc3C(F)(F)F)CC2)cc1)c1cc(-c2ccco2)no1. The van der Waals surface area contributed by atoms with Crippen molar-refractivity contribution < 1.29 is 31.7 Å². The standard InChI is InChI=1S/C26H21F3N4O4/c27-26(28,29)19-3-1-11-30-23(19)25(35)33-12-9-17(10-13-33)16-5-7-18(8-6-16)31-24(34)22-15-20(32-37-22)21-4-2-14-36-21/h1-8,11,14-15,17H,9-10,12-13H2,(H,31,34). The largest absolute Gasteiger partial charge is 0.463 e. The molecule has 0 saturated carbocycles. The van der Waals surface area contributed by atoms with Gasteiger partial charge in [0.05, 0.1) is 11.8 Å². The van der Waals surface area contributed by atoms with Crippen LogP contribution >= 0.6 is 0 Å². The maximum absolute atomic E-state index is 13.3. The van der Waals surface area contributed by atoms with Crippen molar-refractivity contribution in [2.24, 2.45) is 0 Å². The zero-order chi connectivity index (χ0) is 26.0. The minimum absolute atomic E-state index is 0.0362. The number of anilines is 1. The van der Waals surface area contributed by atoms with Crippen molar-refractivity contribution in [1.82, 2.24) is 15.0 Å². The molecule has 0 atom stereocenters. The summed E-state index contributed by atoms with van der Waals surface area (Å²) in [6, 6.07) is 14.2. The minimum Gasteiger partial charge on any atom is -0.463 e. The van der Waals surface area contributed by atoms with Crippen molar-refractivity contribution in [2.45, 2.75) is 24.9 Å². The second kappa shape index (κ2) is 9.92. The van der Waals surface area contributed by atoms with Crippen LogP contribution in [0.2, 0.25) is 0 Å². The first-order valence-electron chi connectivity index (χ1n) is 11.5. The molecular formula is C26H21F3N4O4. The Kier molecular flexibility index (Phi) is 6.51. The van der Waals surface area contributed by atoms with Gasteiger partial charge in [0.15, 0.2) is 5.76 Å². The van der Waals surface area contributed by atoms with Gasteiger partial charge in [-0.1, -0.05) is 17.3 Å². The summed E-state index contributed by atoms with van der Waals surface area (Å²) < 4.78 is 50.2. The third kappa shape index (κ3) is 5.25. The van der Waals surface area contributed by atoms with Gasteiger partial charge in [-0.05, 0) is 60.7 Å². The fourth-order valence-electron chi connectivity index (χ4n) is 4.32. The Labute approximate surface area is 209 Å². The van der Waals surface area contributed by atoms with Crippen LogP contribution in [0.3, 0.4) is 0 Å². The molecule has 1 fully saturated rings. The number of furan rings is 1. The molecule has 3 aromatic heterocycles. The van der Waals surface area contributed by atoms with Crippen LogP contribution in [0.15, 0.2) is 76.0 Å². The maximum atomic E-state index is 13.3. The Balaban J connectivity index is 1.18. The number of carbonyl (C=O) groups excluding carboxylic acids is 2. The number of piperidine rings is 1. The topological polar surface area (TPSA) is 101 Å². The van der Waals surface area contributed by atoms with Gasteiger partial charge in [0.25, 0.3) is 11.8 Å². The Morgan fingerprint density at radius 2 is 1.78 bits per heavy atom. The van der Waals surface area contributed by atoms with Gasteiger partial charge in [-0.3, -0.25) is 14.6 Å². The molecule has 0 bridgehead atoms. The van der Waals surface area contributed by atoms with Crippen LogP contribution in [0.1, 0.15) is 50.9 Å². The molecule has 5 rings (SSSR count). The predicted octanol–water partition coefficient (Wildman–Crippen LogP) is 5.62. The van der Waals surface area contributed by atoms with E-state index in [1.807, 2.05) is 12.1 Å². The van der Waals surface area contributed by atoms with E-state index in [0.717, 1.165) is 11.6 Å². The summed E-state index contributed by atoms with van der Waals surface area (Å²) in [7, 11) is 0. The van der Waals surface area contributed by atoms with E-state index in [-0.39, 0.29) is 11.7 Å². The highest BCUT2D eigenvalue weighted by Crippen LogP contribution is 2.33. The number of hydrogen-bond donors (Lipinski definition) is 1. The number of nitrogens with zero attached hydrogens (tertiary/aromatic N) is 3. The van der Waals surface area contributed by atoms with Crippen LogP contribution in [-0.4, -0.2) is 39.9 Å². The van der Waals surface area contributed by atoms with Gasteiger partial charge in [-0.15, -0.1) is 0 Å². The molecule has 11 heteroatoms. The van der Waals surface area contributed by atoms with Crippen molar-refractivity contribution in [3.63, 3.8) is 0 Å². The van der Waals surface area contributed by atoms with Crippen molar-refractivity contribution >= 4 is 17.5 Å². The fourth-order valence-corrected chi connectivity index (χ4v) is 4.32. The number of nitrogens with one attached hydrogen (secondary N) is 1. The van der Waals surface area contributed by atoms with E-state index in [1.54, 1.807) is 24.3 Å². The zero-order valence-corrected chi connectivity index (χ0v) is 19.4. The molecule has 1 saturated heterocycles. The molecule has 190 valence electrons. The minimum atomic E-state index is -4.65. The molecule has 1 aliphatic heterocycles. The Bertz CT molecular complexity index is 1390. The summed E-state index contributed by atoms with van der Waals surface area (Å²) in [5.74, 6) is -0.524. The van der Waals surface area contributed by atoms with E-state index >= 15 is 0 Å². The Hall–Kier alpha value is -4.41. The first kappa shape index (κ1) is 24.3. The van der Waals surface area contributed by atoms with Crippen LogP contribution in [0.4, 0.5) is 18.9 Å². The summed E-state index contributed by atoms with van der Waals surface area (Å²) >= 11 is 0. The van der Waals surface area contributed by atoms with E-state index in [4.69, 9.17) is 8.94 Å². The third-order valence-electron chi connectivity index (χ3n) is 6.25. The van der Waals surface area contributed by atoms with Gasteiger partial charge in [0.1, 0.15) is 11.4 Å². The van der Waals surface area contributed by atoms with Crippen LogP contribution in [0, 0.1) is 0 Å². The van der Waals surface area contributed by atoms with Crippen LogP contribution in [0.5, 0.6) is 0 Å². The molecule has 0 radical (unpaired) electrons. The highest BCUT2D eigenvalue weighted by Gasteiger charge is 2.37. The van der Waals surface area contributed by atoms with E-state index in [9.17, 15) is 22.8 Å². The smallest absolute Gasteiger partial charge is 0.418 e. The predicted molar refractivity (Wildman–Crippen MR) is 126 cm³/mol. The molecule has 1 aliphatic rings. The Morgan fingerprint density at radius 3 is 2.46 bits per heavy atom. The Morgan fingerprint density at radius 1 is 1.03 bits per heavy atom. The number of rotatable bonds is 5. The second-order valence-corrected chi connectivity index (χ2v) is 8.59. The zero-order valence-electron chi connectivity index (χ0n) is 19.4. The highest BCUT2D eigenvalue weighted by atomic mass is 19.4. The summed E-state index contributed by atoms with van der Waals surface area (Å²) in [5, 5.41) is 6.58.